The number of rotatable bonds is 5. The van der Waals surface area contributed by atoms with Crippen LogP contribution in [0.25, 0.3) is 11.1 Å². The molecule has 5 nitrogen and oxygen atoms in total. The molecule has 0 unspecified atom stereocenters. The number of hydrogen-bond acceptors (Lipinski definition) is 2. The van der Waals surface area contributed by atoms with Gasteiger partial charge in [0.25, 0.3) is 0 Å². The SMILES string of the molecule is CCNC(=O)NC1(C(=O)Nc2ccccc2-c2ccccc2)CCCCC1. The number of hydrogen-bond donors (Lipinski definition) is 3. The fourth-order valence-electron chi connectivity index (χ4n) is 3.69. The van der Waals surface area contributed by atoms with Crippen molar-refractivity contribution in [3.05, 3.63) is 54.6 Å². The molecule has 142 valence electrons. The molecule has 27 heavy (non-hydrogen) atoms. The average Bonchev–Trinajstić information content (AvgIpc) is 2.70. The van der Waals surface area contributed by atoms with E-state index in [-0.39, 0.29) is 11.9 Å². The number of anilines is 1. The minimum Gasteiger partial charge on any atom is -0.338 e. The Hall–Kier alpha value is -2.82. The second-order valence-corrected chi connectivity index (χ2v) is 6.99. The largest absolute Gasteiger partial charge is 0.338 e. The Morgan fingerprint density at radius 2 is 1.59 bits per heavy atom. The maximum atomic E-state index is 13.3. The van der Waals surface area contributed by atoms with Gasteiger partial charge in [0.05, 0.1) is 0 Å². The molecule has 0 aliphatic heterocycles. The monoisotopic (exact) mass is 365 g/mol. The van der Waals surface area contributed by atoms with Crippen molar-refractivity contribution < 1.29 is 9.59 Å². The summed E-state index contributed by atoms with van der Waals surface area (Å²) in [5, 5.41) is 8.78. The maximum Gasteiger partial charge on any atom is 0.315 e. The maximum absolute atomic E-state index is 13.3. The fraction of sp³-hybridized carbons (Fsp3) is 0.364. The van der Waals surface area contributed by atoms with E-state index < -0.39 is 5.54 Å². The highest BCUT2D eigenvalue weighted by Gasteiger charge is 2.41. The van der Waals surface area contributed by atoms with Gasteiger partial charge in [-0.2, -0.15) is 0 Å². The normalized spacial score (nSPS) is 15.6. The second-order valence-electron chi connectivity index (χ2n) is 6.99. The molecule has 0 heterocycles. The standard InChI is InChI=1S/C22H27N3O2/c1-2-23-21(27)25-22(15-9-4-10-16-22)20(26)24-19-14-8-7-13-18(19)17-11-5-3-6-12-17/h3,5-8,11-14H,2,4,9-10,15-16H2,1H3,(H,24,26)(H2,23,25,27). The van der Waals surface area contributed by atoms with E-state index in [1.165, 1.54) is 0 Å². The zero-order valence-electron chi connectivity index (χ0n) is 15.8. The summed E-state index contributed by atoms with van der Waals surface area (Å²) in [4.78, 5) is 25.4. The van der Waals surface area contributed by atoms with E-state index in [1.807, 2.05) is 61.5 Å². The Kier molecular flexibility index (Phi) is 6.12. The third-order valence-electron chi connectivity index (χ3n) is 5.09. The summed E-state index contributed by atoms with van der Waals surface area (Å²) in [7, 11) is 0. The molecule has 5 heteroatoms. The Bertz CT molecular complexity index is 783. The molecule has 2 aromatic rings. The number of nitrogens with one attached hydrogen (secondary N) is 3. The van der Waals surface area contributed by atoms with E-state index in [0.717, 1.165) is 36.1 Å². The molecular weight excluding hydrogens is 338 g/mol. The van der Waals surface area contributed by atoms with Crippen molar-refractivity contribution in [2.45, 2.75) is 44.6 Å². The summed E-state index contributed by atoms with van der Waals surface area (Å²) in [6.07, 6.45) is 4.26. The lowest BCUT2D eigenvalue weighted by molar-refractivity contribution is -0.123. The average molecular weight is 365 g/mol. The van der Waals surface area contributed by atoms with E-state index in [0.29, 0.717) is 19.4 Å². The zero-order valence-corrected chi connectivity index (χ0v) is 15.8. The van der Waals surface area contributed by atoms with Crippen LogP contribution in [-0.4, -0.2) is 24.0 Å². The Balaban J connectivity index is 1.85. The lowest BCUT2D eigenvalue weighted by atomic mass is 9.80. The van der Waals surface area contributed by atoms with E-state index >= 15 is 0 Å². The minimum atomic E-state index is -0.860. The molecule has 0 saturated heterocycles. The van der Waals surface area contributed by atoms with Crippen LogP contribution in [0.15, 0.2) is 54.6 Å². The van der Waals surface area contributed by atoms with Gasteiger partial charge in [0, 0.05) is 17.8 Å². The number of carbonyl (C=O) groups is 2. The van der Waals surface area contributed by atoms with Gasteiger partial charge in [-0.05, 0) is 31.4 Å². The molecule has 0 radical (unpaired) electrons. The molecule has 0 spiro atoms. The minimum absolute atomic E-state index is 0.142. The van der Waals surface area contributed by atoms with E-state index in [2.05, 4.69) is 16.0 Å². The van der Waals surface area contributed by atoms with E-state index in [9.17, 15) is 9.59 Å². The van der Waals surface area contributed by atoms with Gasteiger partial charge in [0.1, 0.15) is 5.54 Å². The highest BCUT2D eigenvalue weighted by Crippen LogP contribution is 2.32. The summed E-state index contributed by atoms with van der Waals surface area (Å²) in [6.45, 7) is 2.39. The van der Waals surface area contributed by atoms with Gasteiger partial charge in [0.15, 0.2) is 0 Å². The van der Waals surface area contributed by atoms with Crippen LogP contribution >= 0.6 is 0 Å². The second kappa shape index (κ2) is 8.71. The van der Waals surface area contributed by atoms with Crippen LogP contribution in [0.1, 0.15) is 39.0 Å². The number of amides is 3. The summed E-state index contributed by atoms with van der Waals surface area (Å²) in [5.74, 6) is -0.142. The van der Waals surface area contributed by atoms with Crippen molar-refractivity contribution >= 4 is 17.6 Å². The number of benzene rings is 2. The van der Waals surface area contributed by atoms with Crippen LogP contribution in [-0.2, 0) is 4.79 Å². The van der Waals surface area contributed by atoms with Crippen LogP contribution in [0.4, 0.5) is 10.5 Å². The highest BCUT2D eigenvalue weighted by atomic mass is 16.2. The first-order chi connectivity index (χ1) is 13.1. The first-order valence-electron chi connectivity index (χ1n) is 9.66. The van der Waals surface area contributed by atoms with Crippen LogP contribution in [0, 0.1) is 0 Å². The molecule has 3 amide bonds. The van der Waals surface area contributed by atoms with Crippen molar-refractivity contribution in [2.75, 3.05) is 11.9 Å². The predicted octanol–water partition coefficient (Wildman–Crippen LogP) is 4.31. The van der Waals surface area contributed by atoms with E-state index in [4.69, 9.17) is 0 Å². The van der Waals surface area contributed by atoms with Gasteiger partial charge in [-0.15, -0.1) is 0 Å². The number of para-hydroxylation sites is 1. The first-order valence-corrected chi connectivity index (χ1v) is 9.66. The van der Waals surface area contributed by atoms with Gasteiger partial charge < -0.3 is 16.0 Å². The molecular formula is C22H27N3O2. The summed E-state index contributed by atoms with van der Waals surface area (Å²) >= 11 is 0. The molecule has 0 bridgehead atoms. The topological polar surface area (TPSA) is 70.2 Å². The molecule has 1 fully saturated rings. The number of urea groups is 1. The molecule has 3 N–H and O–H groups in total. The zero-order chi connectivity index (χ0) is 19.1. The number of carbonyl (C=O) groups excluding carboxylic acids is 2. The lowest BCUT2D eigenvalue weighted by Gasteiger charge is -2.36. The van der Waals surface area contributed by atoms with Gasteiger partial charge in [-0.25, -0.2) is 4.79 Å². The summed E-state index contributed by atoms with van der Waals surface area (Å²) in [5.41, 5.74) is 1.91. The molecule has 0 atom stereocenters. The van der Waals surface area contributed by atoms with Crippen molar-refractivity contribution in [1.82, 2.24) is 10.6 Å². The third-order valence-corrected chi connectivity index (χ3v) is 5.09. The van der Waals surface area contributed by atoms with Crippen molar-refractivity contribution in [1.29, 1.82) is 0 Å². The predicted molar refractivity (Wildman–Crippen MR) is 109 cm³/mol. The van der Waals surface area contributed by atoms with Gasteiger partial charge in [-0.1, -0.05) is 67.8 Å². The Labute approximate surface area is 160 Å². The lowest BCUT2D eigenvalue weighted by Crippen LogP contribution is -2.59. The summed E-state index contributed by atoms with van der Waals surface area (Å²) < 4.78 is 0. The van der Waals surface area contributed by atoms with Crippen LogP contribution in [0.2, 0.25) is 0 Å². The molecule has 1 aliphatic rings. The van der Waals surface area contributed by atoms with Crippen LogP contribution < -0.4 is 16.0 Å². The fourth-order valence-corrected chi connectivity index (χ4v) is 3.69. The molecule has 3 rings (SSSR count). The van der Waals surface area contributed by atoms with Crippen molar-refractivity contribution in [2.24, 2.45) is 0 Å². The smallest absolute Gasteiger partial charge is 0.315 e. The highest BCUT2D eigenvalue weighted by molar-refractivity contribution is 6.02. The molecule has 1 saturated carbocycles. The summed E-state index contributed by atoms with van der Waals surface area (Å²) in [6, 6.07) is 17.5. The molecule has 0 aromatic heterocycles. The van der Waals surface area contributed by atoms with Crippen molar-refractivity contribution in [3.63, 3.8) is 0 Å². The Morgan fingerprint density at radius 3 is 2.30 bits per heavy atom. The van der Waals surface area contributed by atoms with Gasteiger partial charge >= 0.3 is 6.03 Å². The Morgan fingerprint density at radius 1 is 0.926 bits per heavy atom. The van der Waals surface area contributed by atoms with Gasteiger partial charge in [-0.3, -0.25) is 4.79 Å². The quantitative estimate of drug-likeness (QED) is 0.739. The van der Waals surface area contributed by atoms with E-state index in [1.54, 1.807) is 0 Å². The third kappa shape index (κ3) is 4.48. The molecule has 1 aliphatic carbocycles. The molecule has 2 aromatic carbocycles. The van der Waals surface area contributed by atoms with Crippen LogP contribution in [0.5, 0.6) is 0 Å². The van der Waals surface area contributed by atoms with Crippen molar-refractivity contribution in [3.8, 4) is 11.1 Å². The van der Waals surface area contributed by atoms with Crippen LogP contribution in [0.3, 0.4) is 0 Å². The van der Waals surface area contributed by atoms with Gasteiger partial charge in [0.2, 0.25) is 5.91 Å². The first kappa shape index (κ1) is 19.0.